The number of rotatable bonds is 53. The number of phosphoric ester groups is 1. The summed E-state index contributed by atoms with van der Waals surface area (Å²) in [4.78, 5) is 37.6. The lowest BCUT2D eigenvalue weighted by atomic mass is 10.1. The fourth-order valence-corrected chi connectivity index (χ4v) is 8.86. The Hall–Kier alpha value is -2.81. The van der Waals surface area contributed by atoms with Gasteiger partial charge in [-0.1, -0.05) is 215 Å². The number of phosphoric acid groups is 1. The van der Waals surface area contributed by atoms with E-state index in [9.17, 15) is 19.0 Å². The quantitative estimate of drug-likeness (QED) is 0.0205. The molecule has 422 valence electrons. The average molecular weight is 1040 g/mol. The highest BCUT2D eigenvalue weighted by atomic mass is 31.2. The molecule has 0 bridgehead atoms. The summed E-state index contributed by atoms with van der Waals surface area (Å²) in [5.41, 5.74) is 0. The van der Waals surface area contributed by atoms with Crippen molar-refractivity contribution < 1.29 is 37.3 Å². The maximum absolute atomic E-state index is 13.5. The molecular weight excluding hydrogens is 928 g/mol. The zero-order valence-electron chi connectivity index (χ0n) is 48.1. The molecule has 2 N–H and O–H groups in total. The highest BCUT2D eigenvalue weighted by molar-refractivity contribution is 7.47. The molecule has 0 aliphatic heterocycles. The molecular formula is C63H114N2O7P+. The van der Waals surface area contributed by atoms with Gasteiger partial charge in [-0.2, -0.15) is 0 Å². The van der Waals surface area contributed by atoms with E-state index in [1.165, 1.54) is 103 Å². The SMILES string of the molecule is CCCCC/C=C\C/C=C\C/C=C\CCCCCCCCC(=O)NC(COP(=O)(O)OCC[N+](C)(C)C)C(/C=C/CCCCCCCCCCC)OC(=O)CCCCCC/C=C\C/C=C\C/C=C\CCCCC. The number of carbonyl (C=O) groups excluding carboxylic acids is 2. The van der Waals surface area contributed by atoms with Crippen LogP contribution in [0.2, 0.25) is 0 Å². The minimum Gasteiger partial charge on any atom is -0.456 e. The van der Waals surface area contributed by atoms with Gasteiger partial charge in [0.15, 0.2) is 0 Å². The largest absolute Gasteiger partial charge is 0.472 e. The smallest absolute Gasteiger partial charge is 0.456 e. The van der Waals surface area contributed by atoms with E-state index in [2.05, 4.69) is 99.0 Å². The Bertz CT molecular complexity index is 1530. The second-order valence-electron chi connectivity index (χ2n) is 21.2. The maximum atomic E-state index is 13.5. The fraction of sp³-hybridized carbons (Fsp3) is 0.746. The first-order valence-corrected chi connectivity index (χ1v) is 31.4. The lowest BCUT2D eigenvalue weighted by Gasteiger charge is -2.27. The van der Waals surface area contributed by atoms with Crippen molar-refractivity contribution in [1.29, 1.82) is 0 Å². The molecule has 0 radical (unpaired) electrons. The average Bonchev–Trinajstić information content (AvgIpc) is 3.35. The van der Waals surface area contributed by atoms with Crippen molar-refractivity contribution in [1.82, 2.24) is 5.32 Å². The third-order valence-electron chi connectivity index (χ3n) is 12.8. The lowest BCUT2D eigenvalue weighted by Crippen LogP contribution is -2.47. The van der Waals surface area contributed by atoms with Crippen LogP contribution in [0.4, 0.5) is 0 Å². The van der Waals surface area contributed by atoms with Crippen LogP contribution < -0.4 is 5.32 Å². The second-order valence-corrected chi connectivity index (χ2v) is 22.6. The van der Waals surface area contributed by atoms with Crippen molar-refractivity contribution in [3.8, 4) is 0 Å². The van der Waals surface area contributed by atoms with Gasteiger partial charge in [0.2, 0.25) is 5.91 Å². The molecule has 9 nitrogen and oxygen atoms in total. The molecule has 0 rings (SSSR count). The van der Waals surface area contributed by atoms with Crippen molar-refractivity contribution in [3.05, 3.63) is 85.1 Å². The third-order valence-corrected chi connectivity index (χ3v) is 13.8. The minimum atomic E-state index is -4.46. The first-order valence-electron chi connectivity index (χ1n) is 29.9. The molecule has 0 spiro atoms. The van der Waals surface area contributed by atoms with Crippen LogP contribution in [-0.4, -0.2) is 74.3 Å². The number of nitrogens with zero attached hydrogens (tertiary/aromatic N) is 1. The summed E-state index contributed by atoms with van der Waals surface area (Å²) in [6, 6.07) is -0.868. The van der Waals surface area contributed by atoms with E-state index in [1.807, 2.05) is 33.3 Å². The number of amides is 1. The minimum absolute atomic E-state index is 0.0300. The molecule has 10 heteroatoms. The van der Waals surface area contributed by atoms with Gasteiger partial charge < -0.3 is 19.4 Å². The molecule has 0 aromatic heterocycles. The lowest BCUT2D eigenvalue weighted by molar-refractivity contribution is -0.870. The Morgan fingerprint density at radius 2 is 0.836 bits per heavy atom. The molecule has 0 fully saturated rings. The predicted octanol–water partition coefficient (Wildman–Crippen LogP) is 18.2. The van der Waals surface area contributed by atoms with Crippen LogP contribution in [0, 0.1) is 0 Å². The van der Waals surface area contributed by atoms with E-state index >= 15 is 0 Å². The number of nitrogens with one attached hydrogen (secondary N) is 1. The number of hydrogen-bond acceptors (Lipinski definition) is 6. The van der Waals surface area contributed by atoms with Crippen molar-refractivity contribution >= 4 is 19.7 Å². The molecule has 3 unspecified atom stereocenters. The molecule has 3 atom stereocenters. The Morgan fingerprint density at radius 3 is 1.27 bits per heavy atom. The van der Waals surface area contributed by atoms with Gasteiger partial charge in [0, 0.05) is 12.8 Å². The Balaban J connectivity index is 5.34. The molecule has 1 amide bonds. The van der Waals surface area contributed by atoms with Crippen molar-refractivity contribution in [2.24, 2.45) is 0 Å². The first kappa shape index (κ1) is 70.2. The number of unbranched alkanes of at least 4 members (excludes halogenated alkanes) is 25. The van der Waals surface area contributed by atoms with Gasteiger partial charge in [0.05, 0.1) is 33.8 Å². The number of allylic oxidation sites excluding steroid dienone is 13. The van der Waals surface area contributed by atoms with Crippen molar-refractivity contribution in [2.45, 2.75) is 264 Å². The Kier molecular flexibility index (Phi) is 50.6. The van der Waals surface area contributed by atoms with Gasteiger partial charge in [0.25, 0.3) is 0 Å². The van der Waals surface area contributed by atoms with Crippen LogP contribution in [0.5, 0.6) is 0 Å². The van der Waals surface area contributed by atoms with Crippen LogP contribution in [-0.2, 0) is 27.9 Å². The summed E-state index contributed by atoms with van der Waals surface area (Å²) >= 11 is 0. The molecule has 0 heterocycles. The summed E-state index contributed by atoms with van der Waals surface area (Å²) in [5.74, 6) is -0.548. The third kappa shape index (κ3) is 53.8. The highest BCUT2D eigenvalue weighted by Gasteiger charge is 2.30. The maximum Gasteiger partial charge on any atom is 0.472 e. The van der Waals surface area contributed by atoms with E-state index in [0.29, 0.717) is 23.9 Å². The number of carbonyl (C=O) groups is 2. The van der Waals surface area contributed by atoms with Gasteiger partial charge >= 0.3 is 13.8 Å². The second kappa shape index (κ2) is 52.6. The van der Waals surface area contributed by atoms with Crippen LogP contribution in [0.15, 0.2) is 85.1 Å². The van der Waals surface area contributed by atoms with Gasteiger partial charge in [-0.15, -0.1) is 0 Å². The fourth-order valence-electron chi connectivity index (χ4n) is 8.13. The van der Waals surface area contributed by atoms with Crippen molar-refractivity contribution in [3.63, 3.8) is 0 Å². The number of hydrogen-bond donors (Lipinski definition) is 2. The van der Waals surface area contributed by atoms with E-state index in [-0.39, 0.29) is 31.5 Å². The van der Waals surface area contributed by atoms with Gasteiger partial charge in [-0.05, 0) is 109 Å². The molecule has 0 aliphatic carbocycles. The first-order chi connectivity index (χ1) is 35.4. The van der Waals surface area contributed by atoms with Crippen LogP contribution >= 0.6 is 7.82 Å². The van der Waals surface area contributed by atoms with Crippen LogP contribution in [0.3, 0.4) is 0 Å². The van der Waals surface area contributed by atoms with Gasteiger partial charge in [-0.3, -0.25) is 18.6 Å². The number of likely N-dealkylation sites (N-methyl/N-ethyl adjacent to an activating group) is 1. The molecule has 0 aromatic carbocycles. The summed E-state index contributed by atoms with van der Waals surface area (Å²) in [6.07, 6.45) is 68.6. The summed E-state index contributed by atoms with van der Waals surface area (Å²) < 4.78 is 30.6. The Morgan fingerprint density at radius 1 is 0.479 bits per heavy atom. The zero-order valence-corrected chi connectivity index (χ0v) is 49.0. The molecule has 73 heavy (non-hydrogen) atoms. The molecule has 0 saturated heterocycles. The van der Waals surface area contributed by atoms with Gasteiger partial charge in [-0.25, -0.2) is 4.57 Å². The summed E-state index contributed by atoms with van der Waals surface area (Å²) in [6.45, 7) is 6.92. The van der Waals surface area contributed by atoms with E-state index in [1.54, 1.807) is 0 Å². The standard InChI is InChI=1S/C63H113N2O7P/c1-7-10-13-16-19-22-25-27-29-31-32-34-35-37-40-43-46-49-52-55-62(66)64-60(59-71-73(68,69)70-58-57-65(4,5)6)61(54-51-48-45-42-39-24-21-18-15-12-9-3)72-63(67)56-53-50-47-44-41-38-36-33-30-28-26-23-20-17-14-11-8-2/h19-20,22-23,27-30,32,34,36,38,51,54,60-61H,7-18,21,24-26,31,33,35,37,39-50,52-53,55-59H2,1-6H3,(H-,64,66,68,69)/p+1/b22-19-,23-20-,29-27-,30-28-,34-32-,38-36-,54-51+. The molecule has 0 aliphatic rings. The predicted molar refractivity (Wildman–Crippen MR) is 314 cm³/mol. The number of ether oxygens (including phenoxy) is 1. The van der Waals surface area contributed by atoms with E-state index < -0.39 is 20.0 Å². The number of esters is 1. The van der Waals surface area contributed by atoms with Gasteiger partial charge in [0.1, 0.15) is 19.3 Å². The van der Waals surface area contributed by atoms with Crippen LogP contribution in [0.25, 0.3) is 0 Å². The zero-order chi connectivity index (χ0) is 53.6. The normalized spacial score (nSPS) is 14.3. The molecule has 0 aromatic rings. The van der Waals surface area contributed by atoms with Crippen LogP contribution in [0.1, 0.15) is 252 Å². The monoisotopic (exact) mass is 1040 g/mol. The van der Waals surface area contributed by atoms with E-state index in [0.717, 1.165) is 109 Å². The molecule has 0 saturated carbocycles. The summed E-state index contributed by atoms with van der Waals surface area (Å²) in [7, 11) is 1.46. The Labute approximate surface area is 450 Å². The summed E-state index contributed by atoms with van der Waals surface area (Å²) in [5, 5.41) is 3.04. The topological polar surface area (TPSA) is 111 Å². The number of quaternary nitrogens is 1. The highest BCUT2D eigenvalue weighted by Crippen LogP contribution is 2.43. The van der Waals surface area contributed by atoms with E-state index in [4.69, 9.17) is 13.8 Å². The van der Waals surface area contributed by atoms with Crippen molar-refractivity contribution in [2.75, 3.05) is 40.9 Å².